The first-order valence-corrected chi connectivity index (χ1v) is 10.9. The molecule has 0 bridgehead atoms. The molecule has 0 heterocycles. The maximum Gasteiger partial charge on any atom is 0.258 e. The van der Waals surface area contributed by atoms with Gasteiger partial charge in [-0.25, -0.2) is 65.9 Å². The third-order valence-corrected chi connectivity index (χ3v) is 6.00. The Balaban J connectivity index is 2.34. The third-order valence-electron chi connectivity index (χ3n) is 6.00. The summed E-state index contributed by atoms with van der Waals surface area (Å²) in [5.41, 5.74) is -9.47. The highest BCUT2D eigenvalue weighted by molar-refractivity contribution is 7.00. The van der Waals surface area contributed by atoms with Crippen LogP contribution in [0.1, 0.15) is 11.1 Å². The summed E-state index contributed by atoms with van der Waals surface area (Å²) in [6.07, 6.45) is 0.221. The van der Waals surface area contributed by atoms with Crippen LogP contribution in [0.5, 0.6) is 0 Å². The van der Waals surface area contributed by atoms with Crippen LogP contribution in [0.4, 0.5) is 65.9 Å². The molecule has 4 aromatic rings. The maximum absolute atomic E-state index is 15.1. The fraction of sp³-hybridized carbons (Fsp3) is 0. The zero-order chi connectivity index (χ0) is 31.4. The molecule has 4 aromatic carbocycles. The molecule has 4 rings (SSSR count). The molecule has 0 radical (unpaired) electrons. The average molecular weight is 614 g/mol. The van der Waals surface area contributed by atoms with E-state index in [4.69, 9.17) is 0 Å². The first-order valence-electron chi connectivity index (χ1n) is 10.9. The SMILES string of the molecule is Fc1c(F)c(F)c(B(/C(=C\c2ccccc2)c2c(F)c(F)c(F)c(F)c2F)c2c(F)c(F)c(F)c(F)c2F)c(F)c1F. The highest BCUT2D eigenvalue weighted by atomic mass is 19.2. The lowest BCUT2D eigenvalue weighted by Crippen LogP contribution is -2.52. The number of benzene rings is 4. The lowest BCUT2D eigenvalue weighted by atomic mass is 9.34. The molecule has 0 amide bonds. The van der Waals surface area contributed by atoms with E-state index in [-0.39, 0.29) is 6.08 Å². The van der Waals surface area contributed by atoms with Crippen molar-refractivity contribution in [2.45, 2.75) is 0 Å². The summed E-state index contributed by atoms with van der Waals surface area (Å²) >= 11 is 0. The van der Waals surface area contributed by atoms with Gasteiger partial charge < -0.3 is 0 Å². The van der Waals surface area contributed by atoms with Crippen LogP contribution in [0.15, 0.2) is 30.3 Å². The van der Waals surface area contributed by atoms with E-state index in [2.05, 4.69) is 0 Å². The number of halogens is 15. The van der Waals surface area contributed by atoms with Crippen molar-refractivity contribution < 1.29 is 65.9 Å². The monoisotopic (exact) mass is 614 g/mol. The van der Waals surface area contributed by atoms with Crippen LogP contribution in [0.2, 0.25) is 0 Å². The van der Waals surface area contributed by atoms with Gasteiger partial charge in [-0.05, 0) is 5.56 Å². The normalized spacial score (nSPS) is 11.8. The molecule has 0 nitrogen and oxygen atoms in total. The standard InChI is InChI=1S/C26H6BF15/c28-12-9(13(29)19(35)24(40)18(12)34)8(6-7-4-2-1-3-5-7)27(10-14(30)20(36)25(41)21(37)15(10)31)11-16(32)22(38)26(42)23(39)17(11)33/h1-6H/b8-6-. The van der Waals surface area contributed by atoms with Gasteiger partial charge in [0.05, 0.1) is 0 Å². The summed E-state index contributed by atoms with van der Waals surface area (Å²) in [7, 11) is 0. The minimum atomic E-state index is -3.63. The van der Waals surface area contributed by atoms with Crippen molar-refractivity contribution in [3.8, 4) is 0 Å². The highest BCUT2D eigenvalue weighted by Gasteiger charge is 2.44. The summed E-state index contributed by atoms with van der Waals surface area (Å²) in [5, 5.41) is 0. The minimum absolute atomic E-state index is 0.221. The number of hydrogen-bond acceptors (Lipinski definition) is 0. The largest absolute Gasteiger partial charge is 0.258 e. The molecule has 0 saturated carbocycles. The molecule has 0 aliphatic heterocycles. The van der Waals surface area contributed by atoms with E-state index >= 15 is 26.3 Å². The quantitative estimate of drug-likeness (QED) is 0.0737. The van der Waals surface area contributed by atoms with Gasteiger partial charge in [-0.3, -0.25) is 0 Å². The van der Waals surface area contributed by atoms with Crippen LogP contribution >= 0.6 is 0 Å². The van der Waals surface area contributed by atoms with E-state index in [1.54, 1.807) is 0 Å². The zero-order valence-corrected chi connectivity index (χ0v) is 19.7. The van der Waals surface area contributed by atoms with Crippen LogP contribution in [0.3, 0.4) is 0 Å². The van der Waals surface area contributed by atoms with Gasteiger partial charge in [0, 0.05) is 16.5 Å². The fourth-order valence-electron chi connectivity index (χ4n) is 4.09. The van der Waals surface area contributed by atoms with E-state index in [0.29, 0.717) is 0 Å². The molecular weight excluding hydrogens is 608 g/mol. The van der Waals surface area contributed by atoms with Gasteiger partial charge in [-0.2, -0.15) is 0 Å². The van der Waals surface area contributed by atoms with Gasteiger partial charge in [0.25, 0.3) is 6.71 Å². The molecule has 0 aliphatic rings. The second-order valence-electron chi connectivity index (χ2n) is 8.36. The van der Waals surface area contributed by atoms with Crippen molar-refractivity contribution in [2.75, 3.05) is 0 Å². The van der Waals surface area contributed by atoms with E-state index < -0.39 is 121 Å². The van der Waals surface area contributed by atoms with Gasteiger partial charge in [0.15, 0.2) is 81.4 Å². The average Bonchev–Trinajstić information content (AvgIpc) is 2.98. The summed E-state index contributed by atoms with van der Waals surface area (Å²) in [6.45, 7) is -3.63. The molecule has 0 unspecified atom stereocenters. The minimum Gasteiger partial charge on any atom is -0.204 e. The molecule has 16 heteroatoms. The predicted molar refractivity (Wildman–Crippen MR) is 118 cm³/mol. The summed E-state index contributed by atoms with van der Waals surface area (Å²) in [6, 6.07) is 5.46. The van der Waals surface area contributed by atoms with Crippen molar-refractivity contribution in [1.29, 1.82) is 0 Å². The first-order chi connectivity index (χ1) is 19.6. The maximum atomic E-state index is 15.1. The molecular formula is C26H6BF15. The van der Waals surface area contributed by atoms with Crippen LogP contribution < -0.4 is 10.9 Å². The Kier molecular flexibility index (Phi) is 8.11. The summed E-state index contributed by atoms with van der Waals surface area (Å²) in [5.74, 6) is -43.2. The summed E-state index contributed by atoms with van der Waals surface area (Å²) < 4.78 is 217. The van der Waals surface area contributed by atoms with Gasteiger partial charge in [0.2, 0.25) is 5.82 Å². The van der Waals surface area contributed by atoms with Crippen LogP contribution in [0.25, 0.3) is 11.5 Å². The molecule has 0 atom stereocenters. The Bertz CT molecular complexity index is 1630. The second-order valence-corrected chi connectivity index (χ2v) is 8.36. The van der Waals surface area contributed by atoms with Gasteiger partial charge in [0.1, 0.15) is 0 Å². The van der Waals surface area contributed by atoms with Crippen LogP contribution in [0, 0.1) is 87.3 Å². The Morgan fingerprint density at radius 2 is 0.667 bits per heavy atom. The molecule has 0 saturated heterocycles. The Hall–Kier alpha value is -4.37. The van der Waals surface area contributed by atoms with E-state index in [0.717, 1.165) is 24.3 Å². The van der Waals surface area contributed by atoms with Gasteiger partial charge in [-0.15, -0.1) is 0 Å². The number of rotatable bonds is 5. The van der Waals surface area contributed by atoms with Crippen LogP contribution in [-0.2, 0) is 0 Å². The lowest BCUT2D eigenvalue weighted by Gasteiger charge is -2.23. The zero-order valence-electron chi connectivity index (χ0n) is 19.7. The lowest BCUT2D eigenvalue weighted by molar-refractivity contribution is 0.376. The van der Waals surface area contributed by atoms with E-state index in [9.17, 15) is 39.5 Å². The van der Waals surface area contributed by atoms with Crippen molar-refractivity contribution >= 4 is 29.2 Å². The van der Waals surface area contributed by atoms with Crippen LogP contribution in [-0.4, -0.2) is 6.71 Å². The van der Waals surface area contributed by atoms with Crippen molar-refractivity contribution in [2.24, 2.45) is 0 Å². The predicted octanol–water partition coefficient (Wildman–Crippen LogP) is 7.16. The Labute approximate surface area is 224 Å². The topological polar surface area (TPSA) is 0 Å². The molecule has 0 fully saturated rings. The second kappa shape index (κ2) is 11.1. The van der Waals surface area contributed by atoms with Crippen molar-refractivity contribution in [3.63, 3.8) is 0 Å². The van der Waals surface area contributed by atoms with Crippen molar-refractivity contribution in [3.05, 3.63) is 129 Å². The third kappa shape index (κ3) is 4.67. The van der Waals surface area contributed by atoms with E-state index in [1.165, 1.54) is 6.07 Å². The highest BCUT2D eigenvalue weighted by Crippen LogP contribution is 2.34. The molecule has 0 aromatic heterocycles. The molecule has 42 heavy (non-hydrogen) atoms. The van der Waals surface area contributed by atoms with Crippen molar-refractivity contribution in [1.82, 2.24) is 0 Å². The molecule has 0 N–H and O–H groups in total. The fourth-order valence-corrected chi connectivity index (χ4v) is 4.09. The molecule has 0 spiro atoms. The molecule has 218 valence electrons. The van der Waals surface area contributed by atoms with E-state index in [1.807, 2.05) is 0 Å². The van der Waals surface area contributed by atoms with Gasteiger partial charge >= 0.3 is 0 Å². The number of hydrogen-bond donors (Lipinski definition) is 0. The smallest absolute Gasteiger partial charge is 0.204 e. The first kappa shape index (κ1) is 30.6. The molecule has 0 aliphatic carbocycles. The Morgan fingerprint density at radius 1 is 0.381 bits per heavy atom. The summed E-state index contributed by atoms with van der Waals surface area (Å²) in [4.78, 5) is 0. The Morgan fingerprint density at radius 3 is 1.00 bits per heavy atom. The van der Waals surface area contributed by atoms with Gasteiger partial charge in [-0.1, -0.05) is 41.9 Å².